The maximum atomic E-state index is 12.1. The van der Waals surface area contributed by atoms with Crippen LogP contribution in [0.5, 0.6) is 0 Å². The molecular weight excluding hydrogens is 216 g/mol. The first-order valence-electron chi connectivity index (χ1n) is 6.40. The number of ether oxygens (including phenoxy) is 1. The van der Waals surface area contributed by atoms with Crippen LogP contribution in [0.3, 0.4) is 0 Å². The van der Waals surface area contributed by atoms with E-state index in [-0.39, 0.29) is 23.6 Å². The number of hydrogen-bond acceptors (Lipinski definition) is 3. The smallest absolute Gasteiger partial charge is 0.410 e. The second-order valence-electron chi connectivity index (χ2n) is 6.92. The van der Waals surface area contributed by atoms with Gasteiger partial charge in [-0.1, -0.05) is 13.8 Å². The molecule has 3 atom stereocenters. The fourth-order valence-electron chi connectivity index (χ4n) is 3.30. The second-order valence-corrected chi connectivity index (χ2v) is 6.92. The van der Waals surface area contributed by atoms with Gasteiger partial charge < -0.3 is 15.4 Å². The fourth-order valence-corrected chi connectivity index (χ4v) is 3.30. The molecule has 2 N–H and O–H groups in total. The zero-order valence-electron chi connectivity index (χ0n) is 11.5. The third kappa shape index (κ3) is 1.92. The Morgan fingerprint density at radius 3 is 2.53 bits per heavy atom. The molecule has 17 heavy (non-hydrogen) atoms. The number of fused-ring (bicyclic) bond motifs is 1. The van der Waals surface area contributed by atoms with Gasteiger partial charge in [-0.15, -0.1) is 0 Å². The Balaban J connectivity index is 2.07. The van der Waals surface area contributed by atoms with Gasteiger partial charge in [0.25, 0.3) is 0 Å². The van der Waals surface area contributed by atoms with E-state index >= 15 is 0 Å². The van der Waals surface area contributed by atoms with Crippen molar-refractivity contribution in [3.05, 3.63) is 0 Å². The highest BCUT2D eigenvalue weighted by Gasteiger charge is 2.61. The van der Waals surface area contributed by atoms with E-state index < -0.39 is 5.60 Å². The molecule has 0 radical (unpaired) electrons. The zero-order chi connectivity index (χ0) is 13.0. The molecule has 0 spiro atoms. The molecule has 98 valence electrons. The molecule has 4 nitrogen and oxygen atoms in total. The van der Waals surface area contributed by atoms with E-state index in [2.05, 4.69) is 13.8 Å². The highest BCUT2D eigenvalue weighted by Crippen LogP contribution is 2.52. The van der Waals surface area contributed by atoms with E-state index in [0.717, 1.165) is 13.0 Å². The summed E-state index contributed by atoms with van der Waals surface area (Å²) in [5.74, 6) is 0.456. The summed E-state index contributed by atoms with van der Waals surface area (Å²) < 4.78 is 5.45. The molecule has 0 aromatic carbocycles. The molecule has 1 aliphatic carbocycles. The molecule has 0 bridgehead atoms. The fraction of sp³-hybridized carbons (Fsp3) is 0.923. The molecule has 2 aliphatic rings. The van der Waals surface area contributed by atoms with Crippen molar-refractivity contribution in [3.63, 3.8) is 0 Å². The van der Waals surface area contributed by atoms with Gasteiger partial charge in [0, 0.05) is 24.0 Å². The van der Waals surface area contributed by atoms with Gasteiger partial charge in [0.05, 0.1) is 0 Å². The molecule has 1 amide bonds. The maximum absolute atomic E-state index is 12.1. The number of rotatable bonds is 0. The van der Waals surface area contributed by atoms with Gasteiger partial charge in [0.1, 0.15) is 5.60 Å². The van der Waals surface area contributed by atoms with E-state index in [9.17, 15) is 4.79 Å². The summed E-state index contributed by atoms with van der Waals surface area (Å²) in [4.78, 5) is 14.0. The van der Waals surface area contributed by atoms with Crippen molar-refractivity contribution in [1.82, 2.24) is 4.90 Å². The van der Waals surface area contributed by atoms with Crippen LogP contribution in [0.15, 0.2) is 0 Å². The van der Waals surface area contributed by atoms with Gasteiger partial charge in [-0.3, -0.25) is 0 Å². The molecule has 1 aliphatic heterocycles. The Kier molecular flexibility index (Phi) is 2.69. The van der Waals surface area contributed by atoms with Crippen LogP contribution >= 0.6 is 0 Å². The summed E-state index contributed by atoms with van der Waals surface area (Å²) in [7, 11) is 0. The summed E-state index contributed by atoms with van der Waals surface area (Å²) in [5.41, 5.74) is 5.74. The summed E-state index contributed by atoms with van der Waals surface area (Å²) in [6.45, 7) is 10.8. The summed E-state index contributed by atoms with van der Waals surface area (Å²) in [6.07, 6.45) is 0.819. The number of nitrogens with zero attached hydrogens (tertiary/aromatic N) is 1. The van der Waals surface area contributed by atoms with Crippen molar-refractivity contribution in [1.29, 1.82) is 0 Å². The van der Waals surface area contributed by atoms with Crippen LogP contribution < -0.4 is 5.73 Å². The summed E-state index contributed by atoms with van der Waals surface area (Å²) >= 11 is 0. The first-order valence-corrected chi connectivity index (χ1v) is 6.40. The van der Waals surface area contributed by atoms with Gasteiger partial charge in [-0.2, -0.15) is 0 Å². The van der Waals surface area contributed by atoms with Gasteiger partial charge in [0.2, 0.25) is 0 Å². The highest BCUT2D eigenvalue weighted by molar-refractivity contribution is 5.69. The van der Waals surface area contributed by atoms with Gasteiger partial charge in [-0.05, 0) is 33.1 Å². The lowest BCUT2D eigenvalue weighted by atomic mass is 9.56. The van der Waals surface area contributed by atoms with Crippen LogP contribution in [-0.2, 0) is 4.74 Å². The Hall–Kier alpha value is -0.770. The summed E-state index contributed by atoms with van der Waals surface area (Å²) in [6, 6.07) is 0.465. The van der Waals surface area contributed by atoms with Crippen molar-refractivity contribution in [2.75, 3.05) is 6.54 Å². The number of likely N-dealkylation sites (tertiary alicyclic amines) is 1. The first-order chi connectivity index (χ1) is 7.64. The second kappa shape index (κ2) is 3.61. The van der Waals surface area contributed by atoms with Crippen LogP contribution in [0.1, 0.15) is 41.0 Å². The van der Waals surface area contributed by atoms with Gasteiger partial charge >= 0.3 is 6.09 Å². The van der Waals surface area contributed by atoms with Gasteiger partial charge in [-0.25, -0.2) is 4.79 Å². The Morgan fingerprint density at radius 1 is 1.41 bits per heavy atom. The summed E-state index contributed by atoms with van der Waals surface area (Å²) in [5, 5.41) is 0. The maximum Gasteiger partial charge on any atom is 0.410 e. The molecular formula is C13H24N2O2. The minimum Gasteiger partial charge on any atom is -0.444 e. The zero-order valence-corrected chi connectivity index (χ0v) is 11.5. The van der Waals surface area contributed by atoms with Crippen molar-refractivity contribution >= 4 is 6.09 Å². The average molecular weight is 240 g/mol. The normalized spacial score (nSPS) is 35.2. The van der Waals surface area contributed by atoms with Crippen molar-refractivity contribution < 1.29 is 9.53 Å². The largest absolute Gasteiger partial charge is 0.444 e. The first kappa shape index (κ1) is 12.7. The molecule has 3 unspecified atom stereocenters. The lowest BCUT2D eigenvalue weighted by molar-refractivity contribution is -0.0469. The minimum absolute atomic E-state index is 0.0120. The molecule has 4 heteroatoms. The van der Waals surface area contributed by atoms with E-state index in [1.54, 1.807) is 0 Å². The third-order valence-corrected chi connectivity index (χ3v) is 4.16. The average Bonchev–Trinajstić information content (AvgIpc) is 2.56. The van der Waals surface area contributed by atoms with E-state index in [1.165, 1.54) is 0 Å². The van der Waals surface area contributed by atoms with Crippen molar-refractivity contribution in [2.45, 2.75) is 58.7 Å². The number of nitrogens with two attached hydrogens (primary N) is 1. The van der Waals surface area contributed by atoms with E-state index in [0.29, 0.717) is 5.92 Å². The molecule has 1 saturated carbocycles. The quantitative estimate of drug-likeness (QED) is 0.704. The standard InChI is InChI=1S/C13H24N2O2/c1-12(2,3)17-11(16)15-7-6-8-9(14)13(4,5)10(8)15/h8-10H,6-7,14H2,1-5H3. The van der Waals surface area contributed by atoms with Crippen LogP contribution in [0.25, 0.3) is 0 Å². The third-order valence-electron chi connectivity index (χ3n) is 4.16. The van der Waals surface area contributed by atoms with Crippen LogP contribution in [0.2, 0.25) is 0 Å². The number of carbonyl (C=O) groups excluding carboxylic acids is 1. The topological polar surface area (TPSA) is 55.6 Å². The van der Waals surface area contributed by atoms with E-state index in [4.69, 9.17) is 10.5 Å². The predicted octanol–water partition coefficient (Wildman–Crippen LogP) is 1.98. The Morgan fingerprint density at radius 2 is 2.00 bits per heavy atom. The minimum atomic E-state index is -0.425. The molecule has 1 saturated heterocycles. The molecule has 2 rings (SSSR count). The highest BCUT2D eigenvalue weighted by atomic mass is 16.6. The predicted molar refractivity (Wildman–Crippen MR) is 66.6 cm³/mol. The molecule has 2 fully saturated rings. The Bertz CT molecular complexity index is 333. The lowest BCUT2D eigenvalue weighted by Gasteiger charge is -2.56. The Labute approximate surface area is 103 Å². The molecule has 0 aromatic rings. The van der Waals surface area contributed by atoms with Crippen LogP contribution in [-0.4, -0.2) is 35.2 Å². The SMILES string of the molecule is CC(C)(C)OC(=O)N1CCC2C(N)C(C)(C)C21. The number of carbonyl (C=O) groups is 1. The van der Waals surface area contributed by atoms with Crippen molar-refractivity contribution in [3.8, 4) is 0 Å². The van der Waals surface area contributed by atoms with E-state index in [1.807, 2.05) is 25.7 Å². The number of hydrogen-bond donors (Lipinski definition) is 1. The van der Waals surface area contributed by atoms with Crippen molar-refractivity contribution in [2.24, 2.45) is 17.1 Å². The lowest BCUT2D eigenvalue weighted by Crippen LogP contribution is -2.68. The monoisotopic (exact) mass is 240 g/mol. The van der Waals surface area contributed by atoms with Gasteiger partial charge in [0.15, 0.2) is 0 Å². The molecule has 0 aromatic heterocycles. The number of amides is 1. The molecule has 1 heterocycles. The van der Waals surface area contributed by atoms with Crippen LogP contribution in [0, 0.1) is 11.3 Å². The van der Waals surface area contributed by atoms with Crippen LogP contribution in [0.4, 0.5) is 4.79 Å².